The molecule has 162 valence electrons. The van der Waals surface area contributed by atoms with Gasteiger partial charge in [-0.1, -0.05) is 23.7 Å². The zero-order valence-corrected chi connectivity index (χ0v) is 17.5. The molecule has 3 amide bonds. The molecule has 1 unspecified atom stereocenters. The van der Waals surface area contributed by atoms with Crippen LogP contribution in [0.4, 0.5) is 21.5 Å². The smallest absolute Gasteiger partial charge is 0.274 e. The van der Waals surface area contributed by atoms with Crippen LogP contribution < -0.4 is 15.5 Å². The predicted octanol–water partition coefficient (Wildman–Crippen LogP) is 4.12. The van der Waals surface area contributed by atoms with Crippen LogP contribution >= 0.6 is 11.6 Å². The van der Waals surface area contributed by atoms with Gasteiger partial charge in [0.2, 0.25) is 11.8 Å². The van der Waals surface area contributed by atoms with E-state index < -0.39 is 23.5 Å². The summed E-state index contributed by atoms with van der Waals surface area (Å²) >= 11 is 6.00. The molecule has 3 aromatic rings. The Bertz CT molecular complexity index is 1190. The Hall–Kier alpha value is -3.78. The number of aromatic nitrogens is 1. The standard InChI is InChI=1S/C23H18ClFN4O3/c24-15-4-3-5-17(11-15)29-13-14(10-21(29)30)22(31)28-20-12-16(25)7-8-18(20)27-23(32)19-6-1-2-9-26-19/h1-9,11-12,14H,10,13H2,(H,27,32)(H,28,31). The summed E-state index contributed by atoms with van der Waals surface area (Å²) in [6.45, 7) is 0.163. The number of nitrogens with zero attached hydrogens (tertiary/aromatic N) is 2. The second-order valence-electron chi connectivity index (χ2n) is 7.23. The van der Waals surface area contributed by atoms with Gasteiger partial charge in [0.15, 0.2) is 0 Å². The Kier molecular flexibility index (Phi) is 6.13. The van der Waals surface area contributed by atoms with Gasteiger partial charge < -0.3 is 15.5 Å². The largest absolute Gasteiger partial charge is 0.324 e. The van der Waals surface area contributed by atoms with Crippen molar-refractivity contribution in [2.45, 2.75) is 6.42 Å². The van der Waals surface area contributed by atoms with Gasteiger partial charge in [-0.2, -0.15) is 0 Å². The molecule has 2 aromatic carbocycles. The lowest BCUT2D eigenvalue weighted by Crippen LogP contribution is -2.28. The van der Waals surface area contributed by atoms with E-state index in [1.165, 1.54) is 29.3 Å². The van der Waals surface area contributed by atoms with E-state index in [9.17, 15) is 18.8 Å². The molecular formula is C23H18ClFN4O3. The fourth-order valence-corrected chi connectivity index (χ4v) is 3.61. The van der Waals surface area contributed by atoms with E-state index in [0.717, 1.165) is 6.07 Å². The fourth-order valence-electron chi connectivity index (χ4n) is 3.42. The molecule has 32 heavy (non-hydrogen) atoms. The van der Waals surface area contributed by atoms with Gasteiger partial charge in [0.1, 0.15) is 11.5 Å². The maximum absolute atomic E-state index is 13.9. The second kappa shape index (κ2) is 9.15. The summed E-state index contributed by atoms with van der Waals surface area (Å²) in [4.78, 5) is 43.2. The molecule has 4 rings (SSSR count). The number of carbonyl (C=O) groups is 3. The average molecular weight is 453 g/mol. The molecule has 1 aliphatic heterocycles. The van der Waals surface area contributed by atoms with Gasteiger partial charge in [-0.3, -0.25) is 19.4 Å². The zero-order chi connectivity index (χ0) is 22.7. The molecule has 2 N–H and O–H groups in total. The molecule has 1 fully saturated rings. The lowest BCUT2D eigenvalue weighted by Gasteiger charge is -2.17. The third kappa shape index (κ3) is 4.76. The van der Waals surface area contributed by atoms with Gasteiger partial charge in [0.05, 0.1) is 17.3 Å². The summed E-state index contributed by atoms with van der Waals surface area (Å²) in [5, 5.41) is 5.74. The van der Waals surface area contributed by atoms with Gasteiger partial charge in [-0.15, -0.1) is 0 Å². The third-order valence-corrected chi connectivity index (χ3v) is 5.24. The molecule has 0 saturated carbocycles. The van der Waals surface area contributed by atoms with Crippen LogP contribution in [0.3, 0.4) is 0 Å². The van der Waals surface area contributed by atoms with Gasteiger partial charge >= 0.3 is 0 Å². The molecule has 1 atom stereocenters. The normalized spacial score (nSPS) is 15.5. The first kappa shape index (κ1) is 21.5. The lowest BCUT2D eigenvalue weighted by atomic mass is 10.1. The summed E-state index contributed by atoms with van der Waals surface area (Å²) in [7, 11) is 0. The maximum atomic E-state index is 13.9. The first-order chi connectivity index (χ1) is 15.4. The highest BCUT2D eigenvalue weighted by molar-refractivity contribution is 6.31. The van der Waals surface area contributed by atoms with Crippen LogP contribution in [0.5, 0.6) is 0 Å². The first-order valence-corrected chi connectivity index (χ1v) is 10.2. The van der Waals surface area contributed by atoms with Crippen LogP contribution in [-0.2, 0) is 9.59 Å². The quantitative estimate of drug-likeness (QED) is 0.609. The van der Waals surface area contributed by atoms with Crippen molar-refractivity contribution >= 4 is 46.4 Å². The molecule has 0 bridgehead atoms. The Morgan fingerprint density at radius 3 is 2.62 bits per heavy atom. The zero-order valence-electron chi connectivity index (χ0n) is 16.7. The summed E-state index contributed by atoms with van der Waals surface area (Å²) in [5.74, 6) is -2.41. The molecule has 0 radical (unpaired) electrons. The van der Waals surface area contributed by atoms with Crippen molar-refractivity contribution in [2.75, 3.05) is 22.1 Å². The number of rotatable bonds is 5. The number of benzene rings is 2. The van der Waals surface area contributed by atoms with E-state index >= 15 is 0 Å². The van der Waals surface area contributed by atoms with Gasteiger partial charge in [0.25, 0.3) is 5.91 Å². The van der Waals surface area contributed by atoms with Crippen molar-refractivity contribution in [3.8, 4) is 0 Å². The Labute approximate surface area is 188 Å². The molecule has 1 aromatic heterocycles. The number of halogens is 2. The molecule has 0 spiro atoms. The van der Waals surface area contributed by atoms with E-state index in [1.807, 2.05) is 0 Å². The molecule has 0 aliphatic carbocycles. The molecule has 7 nitrogen and oxygen atoms in total. The van der Waals surface area contributed by atoms with Crippen LogP contribution in [0.2, 0.25) is 5.02 Å². The highest BCUT2D eigenvalue weighted by atomic mass is 35.5. The first-order valence-electron chi connectivity index (χ1n) is 9.79. The maximum Gasteiger partial charge on any atom is 0.274 e. The minimum absolute atomic E-state index is 0.00326. The van der Waals surface area contributed by atoms with Gasteiger partial charge in [-0.25, -0.2) is 4.39 Å². The fraction of sp³-hybridized carbons (Fsp3) is 0.130. The van der Waals surface area contributed by atoms with Crippen molar-refractivity contribution in [3.63, 3.8) is 0 Å². The van der Waals surface area contributed by atoms with Crippen molar-refractivity contribution in [2.24, 2.45) is 5.92 Å². The number of anilines is 3. The van der Waals surface area contributed by atoms with E-state index in [1.54, 1.807) is 36.4 Å². The van der Waals surface area contributed by atoms with Crippen molar-refractivity contribution < 1.29 is 18.8 Å². The van der Waals surface area contributed by atoms with E-state index in [-0.39, 0.29) is 35.9 Å². The minimum atomic E-state index is -0.649. The van der Waals surface area contributed by atoms with E-state index in [2.05, 4.69) is 15.6 Å². The number of nitrogens with one attached hydrogen (secondary N) is 2. The molecule has 1 saturated heterocycles. The van der Waals surface area contributed by atoms with Crippen molar-refractivity contribution in [1.82, 2.24) is 4.98 Å². The minimum Gasteiger partial charge on any atom is -0.324 e. The van der Waals surface area contributed by atoms with Crippen LogP contribution in [0.1, 0.15) is 16.9 Å². The Morgan fingerprint density at radius 1 is 1.03 bits per heavy atom. The number of pyridine rings is 1. The summed E-state index contributed by atoms with van der Waals surface area (Å²) in [6.07, 6.45) is 1.48. The number of amides is 3. The number of hydrogen-bond donors (Lipinski definition) is 2. The topological polar surface area (TPSA) is 91.4 Å². The summed E-state index contributed by atoms with van der Waals surface area (Å²) in [5.41, 5.74) is 1.08. The molecule has 1 aliphatic rings. The third-order valence-electron chi connectivity index (χ3n) is 5.00. The van der Waals surface area contributed by atoms with Crippen LogP contribution in [0.15, 0.2) is 66.9 Å². The Morgan fingerprint density at radius 2 is 1.88 bits per heavy atom. The highest BCUT2D eigenvalue weighted by Gasteiger charge is 2.35. The molecular weight excluding hydrogens is 435 g/mol. The molecule has 2 heterocycles. The van der Waals surface area contributed by atoms with Crippen LogP contribution in [0, 0.1) is 11.7 Å². The number of carbonyl (C=O) groups excluding carboxylic acids is 3. The average Bonchev–Trinajstić information content (AvgIpc) is 3.18. The lowest BCUT2D eigenvalue weighted by molar-refractivity contribution is -0.122. The van der Waals surface area contributed by atoms with E-state index in [0.29, 0.717) is 10.7 Å². The van der Waals surface area contributed by atoms with Crippen molar-refractivity contribution in [1.29, 1.82) is 0 Å². The van der Waals surface area contributed by atoms with Crippen LogP contribution in [-0.4, -0.2) is 29.3 Å². The second-order valence-corrected chi connectivity index (χ2v) is 7.67. The highest BCUT2D eigenvalue weighted by Crippen LogP contribution is 2.29. The van der Waals surface area contributed by atoms with E-state index in [4.69, 9.17) is 11.6 Å². The molecule has 9 heteroatoms. The summed E-state index contributed by atoms with van der Waals surface area (Å²) < 4.78 is 13.9. The monoisotopic (exact) mass is 452 g/mol. The van der Waals surface area contributed by atoms with Crippen molar-refractivity contribution in [3.05, 3.63) is 83.4 Å². The van der Waals surface area contributed by atoms with Gasteiger partial charge in [0, 0.05) is 29.9 Å². The number of hydrogen-bond acceptors (Lipinski definition) is 4. The Balaban J connectivity index is 1.49. The SMILES string of the molecule is O=C(Nc1ccc(F)cc1NC(=O)C1CC(=O)N(c2cccc(Cl)c2)C1)c1ccccn1. The predicted molar refractivity (Wildman–Crippen MR) is 119 cm³/mol. The summed E-state index contributed by atoms with van der Waals surface area (Å²) in [6, 6.07) is 15.3. The van der Waals surface area contributed by atoms with Crippen LogP contribution in [0.25, 0.3) is 0 Å². The van der Waals surface area contributed by atoms with Gasteiger partial charge in [-0.05, 0) is 48.5 Å².